The first-order chi connectivity index (χ1) is 19.7. The molecule has 5 rings (SSSR count). The maximum atomic E-state index is 15.0. The first-order valence-corrected chi connectivity index (χ1v) is 14.6. The van der Waals surface area contributed by atoms with E-state index in [2.05, 4.69) is 10.1 Å². The van der Waals surface area contributed by atoms with Crippen molar-refractivity contribution in [2.45, 2.75) is 31.5 Å². The van der Waals surface area contributed by atoms with Gasteiger partial charge in [0.1, 0.15) is 11.5 Å². The van der Waals surface area contributed by atoms with Gasteiger partial charge in [0.05, 0.1) is 33.5 Å². The number of aliphatic hydroxyl groups is 1. The standard InChI is InChI=1S/C29H22ClF4N3O4S/c1-15-23(30)13-37(36-15)25-9-6-18(19-11-24(31)22(14-38)26(12-19)42(3,39)40)10-21(25)28-27(35-16(2)41-28)17-4-7-20(8-5-17)29(32,33)34/h4-13,38H,14H2,1-3H3. The lowest BCUT2D eigenvalue weighted by atomic mass is 9.97. The van der Waals surface area contributed by atoms with Crippen LogP contribution in [0.3, 0.4) is 0 Å². The summed E-state index contributed by atoms with van der Waals surface area (Å²) in [6.45, 7) is 2.47. The second-order valence-electron chi connectivity index (χ2n) is 9.59. The number of hydrogen-bond acceptors (Lipinski definition) is 6. The van der Waals surface area contributed by atoms with Gasteiger partial charge in [-0.2, -0.15) is 18.3 Å². The van der Waals surface area contributed by atoms with Gasteiger partial charge in [-0.3, -0.25) is 0 Å². The van der Waals surface area contributed by atoms with Crippen molar-refractivity contribution in [1.82, 2.24) is 14.8 Å². The average molecular weight is 620 g/mol. The number of rotatable bonds is 6. The molecule has 0 unspecified atom stereocenters. The third-order valence-corrected chi connectivity index (χ3v) is 8.13. The van der Waals surface area contributed by atoms with E-state index in [9.17, 15) is 31.1 Å². The van der Waals surface area contributed by atoms with E-state index in [1.807, 2.05) is 0 Å². The number of aryl methyl sites for hydroxylation is 2. The highest BCUT2D eigenvalue weighted by Crippen LogP contribution is 2.40. The number of alkyl halides is 3. The maximum absolute atomic E-state index is 15.0. The molecule has 0 radical (unpaired) electrons. The van der Waals surface area contributed by atoms with Crippen molar-refractivity contribution < 1.29 is 35.5 Å². The summed E-state index contributed by atoms with van der Waals surface area (Å²) in [5.41, 5.74) is 1.34. The summed E-state index contributed by atoms with van der Waals surface area (Å²) in [7, 11) is -3.90. The molecular formula is C29H22ClF4N3O4S. The van der Waals surface area contributed by atoms with Crippen LogP contribution >= 0.6 is 11.6 Å². The molecule has 3 aromatic carbocycles. The quantitative estimate of drug-likeness (QED) is 0.202. The Morgan fingerprint density at radius 1 is 1.00 bits per heavy atom. The van der Waals surface area contributed by atoms with Crippen molar-refractivity contribution in [2.24, 2.45) is 0 Å². The SMILES string of the molecule is Cc1nc(-c2ccc(C(F)(F)F)cc2)c(-c2cc(-c3cc(F)c(CO)c(S(C)(=O)=O)c3)ccc2-n2cc(Cl)c(C)n2)o1. The largest absolute Gasteiger partial charge is 0.440 e. The predicted molar refractivity (Wildman–Crippen MR) is 148 cm³/mol. The summed E-state index contributed by atoms with van der Waals surface area (Å²) in [6, 6.07) is 11.7. The van der Waals surface area contributed by atoms with E-state index < -0.39 is 34.0 Å². The maximum Gasteiger partial charge on any atom is 0.416 e. The minimum atomic E-state index is -4.52. The fourth-order valence-electron chi connectivity index (χ4n) is 4.54. The topological polar surface area (TPSA) is 98.2 Å². The molecule has 0 atom stereocenters. The van der Waals surface area contributed by atoms with Crippen LogP contribution in [0.5, 0.6) is 0 Å². The van der Waals surface area contributed by atoms with E-state index in [-0.39, 0.29) is 33.4 Å². The number of aliphatic hydroxyl groups excluding tert-OH is 1. The molecule has 0 amide bonds. The van der Waals surface area contributed by atoms with E-state index >= 15 is 0 Å². The second kappa shape index (κ2) is 10.7. The summed E-state index contributed by atoms with van der Waals surface area (Å²) in [4.78, 5) is 4.06. The molecule has 7 nitrogen and oxygen atoms in total. The molecule has 2 heterocycles. The average Bonchev–Trinajstić information content (AvgIpc) is 3.48. The van der Waals surface area contributed by atoms with Crippen molar-refractivity contribution in [3.63, 3.8) is 0 Å². The first kappa shape index (κ1) is 29.5. The molecule has 13 heteroatoms. The van der Waals surface area contributed by atoms with Gasteiger partial charge in [-0.05, 0) is 54.4 Å². The normalized spacial score (nSPS) is 12.2. The Kier molecular flexibility index (Phi) is 7.50. The second-order valence-corrected chi connectivity index (χ2v) is 12.0. The van der Waals surface area contributed by atoms with Crippen LogP contribution in [0.4, 0.5) is 17.6 Å². The van der Waals surface area contributed by atoms with Crippen LogP contribution in [-0.4, -0.2) is 34.5 Å². The van der Waals surface area contributed by atoms with E-state index in [1.54, 1.807) is 38.2 Å². The predicted octanol–water partition coefficient (Wildman–Crippen LogP) is 7.19. The molecule has 0 aliphatic rings. The molecule has 0 fully saturated rings. The molecule has 0 saturated heterocycles. The zero-order valence-electron chi connectivity index (χ0n) is 22.3. The summed E-state index contributed by atoms with van der Waals surface area (Å²) >= 11 is 6.26. The Bertz CT molecular complexity index is 1910. The van der Waals surface area contributed by atoms with Crippen molar-refractivity contribution in [3.8, 4) is 39.4 Å². The summed E-state index contributed by atoms with van der Waals surface area (Å²) in [6.07, 6.45) is -2.05. The molecule has 2 aromatic heterocycles. The lowest BCUT2D eigenvalue weighted by Gasteiger charge is -2.14. The minimum absolute atomic E-state index is 0.184. The zero-order chi connectivity index (χ0) is 30.6. The van der Waals surface area contributed by atoms with Crippen LogP contribution in [0.1, 0.15) is 22.7 Å². The number of sulfone groups is 1. The highest BCUT2D eigenvalue weighted by atomic mass is 35.5. The number of oxazole rings is 1. The number of nitrogens with zero attached hydrogens (tertiary/aromatic N) is 3. The van der Waals surface area contributed by atoms with Gasteiger partial charge < -0.3 is 9.52 Å². The van der Waals surface area contributed by atoms with Crippen LogP contribution in [0.15, 0.2) is 70.1 Å². The highest BCUT2D eigenvalue weighted by molar-refractivity contribution is 7.90. The van der Waals surface area contributed by atoms with E-state index in [0.29, 0.717) is 33.1 Å². The molecule has 0 aliphatic heterocycles. The highest BCUT2D eigenvalue weighted by Gasteiger charge is 2.30. The van der Waals surface area contributed by atoms with Crippen LogP contribution in [0, 0.1) is 19.7 Å². The fraction of sp³-hybridized carbons (Fsp3) is 0.172. The van der Waals surface area contributed by atoms with Gasteiger partial charge in [-0.15, -0.1) is 0 Å². The molecule has 1 N–H and O–H groups in total. The minimum Gasteiger partial charge on any atom is -0.440 e. The summed E-state index contributed by atoms with van der Waals surface area (Å²) in [5.74, 6) is -0.496. The summed E-state index contributed by atoms with van der Waals surface area (Å²) < 4.78 is 86.8. The van der Waals surface area contributed by atoms with Gasteiger partial charge in [0, 0.05) is 36.1 Å². The van der Waals surface area contributed by atoms with Gasteiger partial charge in [0.2, 0.25) is 0 Å². The molecular weight excluding hydrogens is 598 g/mol. The molecule has 0 spiro atoms. The number of benzene rings is 3. The Morgan fingerprint density at radius 3 is 2.24 bits per heavy atom. The molecule has 218 valence electrons. The number of halogens is 5. The van der Waals surface area contributed by atoms with Crippen LogP contribution in [0.25, 0.3) is 39.4 Å². The van der Waals surface area contributed by atoms with Crippen molar-refractivity contribution >= 4 is 21.4 Å². The number of aromatic nitrogens is 3. The summed E-state index contributed by atoms with van der Waals surface area (Å²) in [5, 5.41) is 14.4. The third-order valence-electron chi connectivity index (χ3n) is 6.59. The zero-order valence-corrected chi connectivity index (χ0v) is 23.9. The third kappa shape index (κ3) is 5.57. The van der Waals surface area contributed by atoms with Crippen LogP contribution in [0.2, 0.25) is 5.02 Å². The Balaban J connectivity index is 1.76. The van der Waals surface area contributed by atoms with Crippen molar-refractivity contribution in [2.75, 3.05) is 6.26 Å². The molecule has 5 aromatic rings. The van der Waals surface area contributed by atoms with E-state index in [4.69, 9.17) is 16.0 Å². The van der Waals surface area contributed by atoms with E-state index in [0.717, 1.165) is 24.5 Å². The number of hydrogen-bond donors (Lipinski definition) is 1. The fourth-order valence-corrected chi connectivity index (χ4v) is 5.63. The lowest BCUT2D eigenvalue weighted by molar-refractivity contribution is -0.137. The monoisotopic (exact) mass is 619 g/mol. The first-order valence-electron chi connectivity index (χ1n) is 12.3. The molecule has 0 saturated carbocycles. The molecule has 42 heavy (non-hydrogen) atoms. The van der Waals surface area contributed by atoms with Crippen molar-refractivity contribution in [3.05, 3.63) is 94.3 Å². The van der Waals surface area contributed by atoms with Crippen LogP contribution < -0.4 is 0 Å². The van der Waals surface area contributed by atoms with Gasteiger partial charge in [0.25, 0.3) is 0 Å². The van der Waals surface area contributed by atoms with Gasteiger partial charge in [-0.1, -0.05) is 29.8 Å². The van der Waals surface area contributed by atoms with Crippen molar-refractivity contribution in [1.29, 1.82) is 0 Å². The van der Waals surface area contributed by atoms with Crippen LogP contribution in [-0.2, 0) is 22.6 Å². The van der Waals surface area contributed by atoms with Gasteiger partial charge in [0.15, 0.2) is 21.5 Å². The molecule has 0 aliphatic carbocycles. The Morgan fingerprint density at radius 2 is 1.67 bits per heavy atom. The molecule has 0 bridgehead atoms. The lowest BCUT2D eigenvalue weighted by Crippen LogP contribution is -2.06. The van der Waals surface area contributed by atoms with E-state index in [1.165, 1.54) is 22.9 Å². The Labute approximate surface area is 242 Å². The smallest absolute Gasteiger partial charge is 0.416 e. The van der Waals surface area contributed by atoms with Gasteiger partial charge in [-0.25, -0.2) is 22.5 Å². The Hall–Kier alpha value is -4.00. The van der Waals surface area contributed by atoms with Gasteiger partial charge >= 0.3 is 6.18 Å².